The number of carboxylic acid groups (broad SMARTS) is 1. The van der Waals surface area contributed by atoms with Gasteiger partial charge in [-0.05, 0) is 31.9 Å². The second kappa shape index (κ2) is 4.87. The maximum Gasteiger partial charge on any atom is 0.311 e. The van der Waals surface area contributed by atoms with E-state index in [4.69, 9.17) is 0 Å². The lowest BCUT2D eigenvalue weighted by Gasteiger charge is -2.37. The number of carboxylic acids is 1. The van der Waals surface area contributed by atoms with Gasteiger partial charge in [-0.3, -0.25) is 9.59 Å². The van der Waals surface area contributed by atoms with E-state index >= 15 is 0 Å². The Kier molecular flexibility index (Phi) is 3.16. The first-order chi connectivity index (χ1) is 10.0. The van der Waals surface area contributed by atoms with Crippen molar-refractivity contribution in [2.75, 3.05) is 13.1 Å². The highest BCUT2D eigenvalue weighted by Gasteiger charge is 2.39. The molecule has 1 fully saturated rings. The molecule has 0 saturated carbocycles. The van der Waals surface area contributed by atoms with Crippen LogP contribution in [0.25, 0.3) is 5.52 Å². The minimum Gasteiger partial charge on any atom is -0.481 e. The van der Waals surface area contributed by atoms with Gasteiger partial charge in [-0.25, -0.2) is 4.52 Å². The molecule has 3 rings (SSSR count). The van der Waals surface area contributed by atoms with Crippen molar-refractivity contribution in [1.29, 1.82) is 0 Å². The van der Waals surface area contributed by atoms with Gasteiger partial charge in [0.15, 0.2) is 0 Å². The van der Waals surface area contributed by atoms with Gasteiger partial charge in [-0.2, -0.15) is 5.10 Å². The predicted molar refractivity (Wildman–Crippen MR) is 76.1 cm³/mol. The van der Waals surface area contributed by atoms with E-state index in [1.165, 1.54) is 0 Å². The quantitative estimate of drug-likeness (QED) is 0.911. The van der Waals surface area contributed by atoms with Gasteiger partial charge in [0.1, 0.15) is 0 Å². The molecular weight excluding hydrogens is 270 g/mol. The molecule has 3 heterocycles. The lowest BCUT2D eigenvalue weighted by molar-refractivity contribution is -0.150. The Morgan fingerprint density at radius 2 is 2.19 bits per heavy atom. The number of fused-ring (bicyclic) bond motifs is 1. The van der Waals surface area contributed by atoms with Crippen LogP contribution in [-0.2, 0) is 4.79 Å². The number of aromatic nitrogens is 2. The Labute approximate surface area is 122 Å². The monoisotopic (exact) mass is 287 g/mol. The summed E-state index contributed by atoms with van der Waals surface area (Å²) in [5.41, 5.74) is 0.395. The molecule has 1 N–H and O–H groups in total. The highest BCUT2D eigenvalue weighted by molar-refractivity contribution is 6.00. The van der Waals surface area contributed by atoms with Gasteiger partial charge in [-0.1, -0.05) is 6.07 Å². The van der Waals surface area contributed by atoms with E-state index in [1.54, 1.807) is 28.7 Å². The van der Waals surface area contributed by atoms with Crippen molar-refractivity contribution < 1.29 is 14.7 Å². The van der Waals surface area contributed by atoms with Crippen molar-refractivity contribution in [3.05, 3.63) is 36.2 Å². The number of likely N-dealkylation sites (tertiary alicyclic amines) is 1. The zero-order valence-electron chi connectivity index (χ0n) is 11.8. The van der Waals surface area contributed by atoms with Crippen LogP contribution in [0.5, 0.6) is 0 Å². The SMILES string of the molecule is CC1(C(=O)O)CCCN(C(=O)c2cnn3ccccc23)C1. The summed E-state index contributed by atoms with van der Waals surface area (Å²) in [6.45, 7) is 2.53. The average Bonchev–Trinajstić information content (AvgIpc) is 2.90. The molecule has 1 amide bonds. The summed E-state index contributed by atoms with van der Waals surface area (Å²) >= 11 is 0. The third-order valence-corrected chi connectivity index (χ3v) is 4.16. The Bertz CT molecular complexity index is 709. The first-order valence-electron chi connectivity index (χ1n) is 6.96. The van der Waals surface area contributed by atoms with Crippen LogP contribution in [-0.4, -0.2) is 44.6 Å². The van der Waals surface area contributed by atoms with E-state index in [1.807, 2.05) is 18.2 Å². The second-order valence-electron chi connectivity index (χ2n) is 5.78. The number of piperidine rings is 1. The number of rotatable bonds is 2. The number of hydrogen-bond donors (Lipinski definition) is 1. The standard InChI is InChI=1S/C15H17N3O3/c1-15(14(20)21)6-4-7-17(10-15)13(19)11-9-16-18-8-3-2-5-12(11)18/h2-3,5,8-9H,4,6-7,10H2,1H3,(H,20,21). The van der Waals surface area contributed by atoms with Gasteiger partial charge < -0.3 is 10.0 Å². The fourth-order valence-corrected chi connectivity index (χ4v) is 2.86. The van der Waals surface area contributed by atoms with Crippen molar-refractivity contribution in [3.8, 4) is 0 Å². The number of hydrogen-bond acceptors (Lipinski definition) is 3. The van der Waals surface area contributed by atoms with Crippen molar-refractivity contribution in [2.24, 2.45) is 5.41 Å². The highest BCUT2D eigenvalue weighted by Crippen LogP contribution is 2.30. The predicted octanol–water partition coefficient (Wildman–Crippen LogP) is 1.66. The Hall–Kier alpha value is -2.37. The molecular formula is C15H17N3O3. The summed E-state index contributed by atoms with van der Waals surface area (Å²) in [6.07, 6.45) is 4.63. The van der Waals surface area contributed by atoms with Crippen molar-refractivity contribution in [2.45, 2.75) is 19.8 Å². The zero-order chi connectivity index (χ0) is 15.0. The van der Waals surface area contributed by atoms with Crippen LogP contribution in [0.1, 0.15) is 30.1 Å². The molecule has 6 nitrogen and oxygen atoms in total. The maximum absolute atomic E-state index is 12.7. The number of nitrogens with zero attached hydrogens (tertiary/aromatic N) is 3. The van der Waals surface area contributed by atoms with E-state index in [0.29, 0.717) is 24.9 Å². The van der Waals surface area contributed by atoms with E-state index in [9.17, 15) is 14.7 Å². The highest BCUT2D eigenvalue weighted by atomic mass is 16.4. The lowest BCUT2D eigenvalue weighted by Crippen LogP contribution is -2.48. The van der Waals surface area contributed by atoms with E-state index in [2.05, 4.69) is 5.10 Å². The van der Waals surface area contributed by atoms with Gasteiger partial charge in [0.25, 0.3) is 5.91 Å². The molecule has 1 unspecified atom stereocenters. The summed E-state index contributed by atoms with van der Waals surface area (Å²) in [6, 6.07) is 5.53. The molecule has 1 atom stereocenters. The largest absolute Gasteiger partial charge is 0.481 e. The van der Waals surface area contributed by atoms with Gasteiger partial charge >= 0.3 is 5.97 Å². The Balaban J connectivity index is 1.90. The second-order valence-corrected chi connectivity index (χ2v) is 5.78. The van der Waals surface area contributed by atoms with Crippen LogP contribution in [0.2, 0.25) is 0 Å². The summed E-state index contributed by atoms with van der Waals surface area (Å²) < 4.78 is 1.65. The van der Waals surface area contributed by atoms with Gasteiger partial charge in [-0.15, -0.1) is 0 Å². The lowest BCUT2D eigenvalue weighted by atomic mass is 9.82. The number of carbonyl (C=O) groups excluding carboxylic acids is 1. The van der Waals surface area contributed by atoms with Gasteiger partial charge in [0.05, 0.1) is 22.7 Å². The summed E-state index contributed by atoms with van der Waals surface area (Å²) in [5, 5.41) is 13.5. The van der Waals surface area contributed by atoms with Crippen LogP contribution in [0.4, 0.5) is 0 Å². The minimum absolute atomic E-state index is 0.150. The Morgan fingerprint density at radius 3 is 2.95 bits per heavy atom. The molecule has 110 valence electrons. The fourth-order valence-electron chi connectivity index (χ4n) is 2.86. The van der Waals surface area contributed by atoms with Crippen LogP contribution in [0, 0.1) is 5.41 Å². The summed E-state index contributed by atoms with van der Waals surface area (Å²) in [4.78, 5) is 25.7. The van der Waals surface area contributed by atoms with E-state index < -0.39 is 11.4 Å². The summed E-state index contributed by atoms with van der Waals surface area (Å²) in [5.74, 6) is -0.997. The smallest absolute Gasteiger partial charge is 0.311 e. The fraction of sp³-hybridized carbons (Fsp3) is 0.400. The molecule has 1 aliphatic heterocycles. The zero-order valence-corrected chi connectivity index (χ0v) is 11.8. The molecule has 2 aromatic rings. The number of carbonyl (C=O) groups is 2. The van der Waals surface area contributed by atoms with Crippen molar-refractivity contribution in [1.82, 2.24) is 14.5 Å². The molecule has 0 radical (unpaired) electrons. The first kappa shape index (κ1) is 13.6. The maximum atomic E-state index is 12.7. The van der Waals surface area contributed by atoms with Gasteiger partial charge in [0, 0.05) is 19.3 Å². The molecule has 1 aliphatic rings. The number of aliphatic carboxylic acids is 1. The van der Waals surface area contributed by atoms with Crippen molar-refractivity contribution >= 4 is 17.4 Å². The first-order valence-corrected chi connectivity index (χ1v) is 6.96. The van der Waals surface area contributed by atoms with Crippen LogP contribution < -0.4 is 0 Å². The minimum atomic E-state index is -0.864. The third kappa shape index (κ3) is 2.26. The third-order valence-electron chi connectivity index (χ3n) is 4.16. The number of amides is 1. The Morgan fingerprint density at radius 1 is 1.38 bits per heavy atom. The molecule has 0 aromatic carbocycles. The van der Waals surface area contributed by atoms with E-state index in [-0.39, 0.29) is 12.5 Å². The van der Waals surface area contributed by atoms with Crippen LogP contribution in [0.3, 0.4) is 0 Å². The average molecular weight is 287 g/mol. The van der Waals surface area contributed by atoms with E-state index in [0.717, 1.165) is 5.52 Å². The molecule has 0 spiro atoms. The van der Waals surface area contributed by atoms with Crippen molar-refractivity contribution in [3.63, 3.8) is 0 Å². The normalized spacial score (nSPS) is 22.4. The summed E-state index contributed by atoms with van der Waals surface area (Å²) in [7, 11) is 0. The van der Waals surface area contributed by atoms with Crippen LogP contribution >= 0.6 is 0 Å². The molecule has 2 aromatic heterocycles. The number of pyridine rings is 1. The van der Waals surface area contributed by atoms with Crippen LogP contribution in [0.15, 0.2) is 30.6 Å². The molecule has 1 saturated heterocycles. The molecule has 0 aliphatic carbocycles. The molecule has 0 bridgehead atoms. The van der Waals surface area contributed by atoms with Gasteiger partial charge in [0.2, 0.25) is 0 Å². The molecule has 21 heavy (non-hydrogen) atoms. The topological polar surface area (TPSA) is 74.9 Å². The molecule has 6 heteroatoms.